The predicted octanol–water partition coefficient (Wildman–Crippen LogP) is -0.119. The van der Waals surface area contributed by atoms with Crippen LogP contribution in [-0.2, 0) is 27.1 Å². The number of hydrogen-bond donors (Lipinski definition) is 1. The van der Waals surface area contributed by atoms with E-state index in [9.17, 15) is 0 Å². The van der Waals surface area contributed by atoms with Gasteiger partial charge in [-0.15, -0.1) is 10.2 Å². The van der Waals surface area contributed by atoms with Gasteiger partial charge in [0.1, 0.15) is 12.2 Å². The van der Waals surface area contributed by atoms with Gasteiger partial charge in [0.15, 0.2) is 0 Å². The summed E-state index contributed by atoms with van der Waals surface area (Å²) >= 11 is 0. The van der Waals surface area contributed by atoms with Crippen LogP contribution < -0.4 is 5.32 Å². The Bertz CT molecular complexity index is 444. The highest BCUT2D eigenvalue weighted by molar-refractivity contribution is 5.03. The minimum atomic E-state index is 0.747. The van der Waals surface area contributed by atoms with E-state index in [1.54, 1.807) is 6.33 Å². The first-order valence-corrected chi connectivity index (χ1v) is 5.27. The van der Waals surface area contributed by atoms with Crippen LogP contribution in [0, 0.1) is 0 Å². The number of aromatic nitrogens is 5. The first-order chi connectivity index (χ1) is 7.75. The van der Waals surface area contributed by atoms with Crippen LogP contribution in [0.1, 0.15) is 11.4 Å². The molecule has 1 N–H and O–H groups in total. The Morgan fingerprint density at radius 1 is 1.38 bits per heavy atom. The van der Waals surface area contributed by atoms with Gasteiger partial charge in [-0.2, -0.15) is 5.10 Å². The fourth-order valence-corrected chi connectivity index (χ4v) is 1.50. The molecule has 16 heavy (non-hydrogen) atoms. The first-order valence-electron chi connectivity index (χ1n) is 5.27. The largest absolute Gasteiger partial charge is 0.320 e. The molecule has 0 bridgehead atoms. The van der Waals surface area contributed by atoms with Gasteiger partial charge in [-0.1, -0.05) is 0 Å². The maximum Gasteiger partial charge on any atom is 0.146 e. The average Bonchev–Trinajstić information content (AvgIpc) is 2.83. The molecular formula is C10H16N6. The van der Waals surface area contributed by atoms with E-state index in [1.165, 1.54) is 5.56 Å². The second-order valence-electron chi connectivity index (χ2n) is 3.81. The van der Waals surface area contributed by atoms with E-state index >= 15 is 0 Å². The van der Waals surface area contributed by atoms with Gasteiger partial charge in [-0.05, 0) is 18.5 Å². The average molecular weight is 220 g/mol. The normalized spacial score (nSPS) is 10.9. The topological polar surface area (TPSA) is 60.6 Å². The Kier molecular flexibility index (Phi) is 3.31. The van der Waals surface area contributed by atoms with Crippen molar-refractivity contribution in [3.63, 3.8) is 0 Å². The molecule has 0 saturated carbocycles. The lowest BCUT2D eigenvalue weighted by molar-refractivity contribution is 0.636. The van der Waals surface area contributed by atoms with Crippen molar-refractivity contribution in [3.05, 3.63) is 30.1 Å². The highest BCUT2D eigenvalue weighted by Crippen LogP contribution is 1.96. The van der Waals surface area contributed by atoms with Gasteiger partial charge >= 0.3 is 0 Å². The molecule has 0 spiro atoms. The molecule has 6 heteroatoms. The molecule has 2 aromatic rings. The molecule has 0 unspecified atom stereocenters. The van der Waals surface area contributed by atoms with Crippen molar-refractivity contribution in [2.24, 2.45) is 14.1 Å². The molecular weight excluding hydrogens is 204 g/mol. The van der Waals surface area contributed by atoms with Gasteiger partial charge in [0.2, 0.25) is 0 Å². The van der Waals surface area contributed by atoms with Crippen LogP contribution in [0.4, 0.5) is 0 Å². The Morgan fingerprint density at radius 2 is 2.25 bits per heavy atom. The lowest BCUT2D eigenvalue weighted by atomic mass is 10.2. The summed E-state index contributed by atoms with van der Waals surface area (Å²) in [7, 11) is 3.87. The monoisotopic (exact) mass is 220 g/mol. The molecule has 0 fully saturated rings. The number of hydrogen-bond acceptors (Lipinski definition) is 4. The SMILES string of the molecule is Cn1cc(CCNCc2nncn2C)cn1. The standard InChI is InChI=1S/C10H16N6/c1-15-8-12-14-10(15)6-11-4-3-9-5-13-16(2)7-9/h5,7-8,11H,3-4,6H2,1-2H3. The van der Waals surface area contributed by atoms with Crippen LogP contribution in [0.3, 0.4) is 0 Å². The molecule has 0 aliphatic heterocycles. The highest BCUT2D eigenvalue weighted by atomic mass is 15.3. The number of rotatable bonds is 5. The van der Waals surface area contributed by atoms with Crippen LogP contribution in [0.5, 0.6) is 0 Å². The van der Waals surface area contributed by atoms with Crippen molar-refractivity contribution in [1.29, 1.82) is 0 Å². The summed E-state index contributed by atoms with van der Waals surface area (Å²) < 4.78 is 3.73. The van der Waals surface area contributed by atoms with Gasteiger partial charge < -0.3 is 9.88 Å². The van der Waals surface area contributed by atoms with Gasteiger partial charge in [0, 0.05) is 20.3 Å². The molecule has 0 saturated heterocycles. The molecule has 0 atom stereocenters. The van der Waals surface area contributed by atoms with Gasteiger partial charge in [0.05, 0.1) is 12.7 Å². The summed E-state index contributed by atoms with van der Waals surface area (Å²) in [6, 6.07) is 0. The third-order valence-electron chi connectivity index (χ3n) is 2.44. The van der Waals surface area contributed by atoms with E-state index in [0.29, 0.717) is 0 Å². The quantitative estimate of drug-likeness (QED) is 0.714. The summed E-state index contributed by atoms with van der Waals surface area (Å²) in [5.41, 5.74) is 1.24. The summed E-state index contributed by atoms with van der Waals surface area (Å²) in [6.07, 6.45) is 6.61. The van der Waals surface area contributed by atoms with Gasteiger partial charge in [-0.3, -0.25) is 4.68 Å². The van der Waals surface area contributed by atoms with E-state index in [4.69, 9.17) is 0 Å². The van der Waals surface area contributed by atoms with E-state index < -0.39 is 0 Å². The lowest BCUT2D eigenvalue weighted by Gasteiger charge is -2.02. The highest BCUT2D eigenvalue weighted by Gasteiger charge is 2.00. The second-order valence-corrected chi connectivity index (χ2v) is 3.81. The van der Waals surface area contributed by atoms with Crippen molar-refractivity contribution in [1.82, 2.24) is 29.9 Å². The smallest absolute Gasteiger partial charge is 0.146 e. The van der Waals surface area contributed by atoms with Crippen LogP contribution >= 0.6 is 0 Å². The Morgan fingerprint density at radius 3 is 2.88 bits per heavy atom. The van der Waals surface area contributed by atoms with E-state index in [2.05, 4.69) is 20.6 Å². The molecule has 2 aromatic heterocycles. The van der Waals surface area contributed by atoms with Crippen molar-refractivity contribution in [2.45, 2.75) is 13.0 Å². The third-order valence-corrected chi connectivity index (χ3v) is 2.44. The summed E-state index contributed by atoms with van der Waals surface area (Å²) in [4.78, 5) is 0. The summed E-state index contributed by atoms with van der Waals surface area (Å²) in [5.74, 6) is 0.950. The predicted molar refractivity (Wildman–Crippen MR) is 59.6 cm³/mol. The second kappa shape index (κ2) is 4.89. The Hall–Kier alpha value is -1.69. The zero-order chi connectivity index (χ0) is 11.4. The zero-order valence-electron chi connectivity index (χ0n) is 9.59. The van der Waals surface area contributed by atoms with Crippen molar-refractivity contribution >= 4 is 0 Å². The summed E-state index contributed by atoms with van der Waals surface area (Å²) in [6.45, 7) is 1.66. The van der Waals surface area contributed by atoms with Crippen molar-refractivity contribution in [2.75, 3.05) is 6.54 Å². The molecule has 2 heterocycles. The number of nitrogens with one attached hydrogen (secondary N) is 1. The van der Waals surface area contributed by atoms with Crippen molar-refractivity contribution in [3.8, 4) is 0 Å². The maximum atomic E-state index is 4.12. The maximum absolute atomic E-state index is 4.12. The van der Waals surface area contributed by atoms with Gasteiger partial charge in [0.25, 0.3) is 0 Å². The van der Waals surface area contributed by atoms with E-state index in [0.717, 1.165) is 25.3 Å². The molecule has 0 radical (unpaired) electrons. The Balaban J connectivity index is 1.71. The number of aryl methyl sites for hydroxylation is 2. The number of nitrogens with zero attached hydrogens (tertiary/aromatic N) is 5. The van der Waals surface area contributed by atoms with Crippen LogP contribution in [0.15, 0.2) is 18.7 Å². The van der Waals surface area contributed by atoms with Crippen LogP contribution in [0.25, 0.3) is 0 Å². The molecule has 2 rings (SSSR count). The molecule has 86 valence electrons. The fraction of sp³-hybridized carbons (Fsp3) is 0.500. The molecule has 0 aliphatic rings. The van der Waals surface area contributed by atoms with Crippen molar-refractivity contribution < 1.29 is 0 Å². The van der Waals surface area contributed by atoms with Crippen LogP contribution in [0.2, 0.25) is 0 Å². The molecule has 0 aliphatic carbocycles. The Labute approximate surface area is 94.3 Å². The minimum absolute atomic E-state index is 0.747. The third kappa shape index (κ3) is 2.66. The molecule has 0 amide bonds. The molecule has 0 aromatic carbocycles. The first kappa shape index (κ1) is 10.8. The molecule has 6 nitrogen and oxygen atoms in total. The summed E-state index contributed by atoms with van der Waals surface area (Å²) in [5, 5.41) is 15.3. The van der Waals surface area contributed by atoms with E-state index in [-0.39, 0.29) is 0 Å². The van der Waals surface area contributed by atoms with Gasteiger partial charge in [-0.25, -0.2) is 0 Å². The lowest BCUT2D eigenvalue weighted by Crippen LogP contribution is -2.18. The minimum Gasteiger partial charge on any atom is -0.320 e. The zero-order valence-corrected chi connectivity index (χ0v) is 9.59. The van der Waals surface area contributed by atoms with Crippen LogP contribution in [-0.4, -0.2) is 31.1 Å². The fourth-order valence-electron chi connectivity index (χ4n) is 1.50. The van der Waals surface area contributed by atoms with E-state index in [1.807, 2.05) is 35.7 Å².